The highest BCUT2D eigenvalue weighted by Gasteiger charge is 2.33. The van der Waals surface area contributed by atoms with Gasteiger partial charge in [0.2, 0.25) is 0 Å². The molecule has 0 saturated heterocycles. The van der Waals surface area contributed by atoms with Gasteiger partial charge >= 0.3 is 0 Å². The summed E-state index contributed by atoms with van der Waals surface area (Å²) in [5.74, 6) is -4.20. The van der Waals surface area contributed by atoms with Crippen molar-refractivity contribution in [1.29, 1.82) is 0 Å². The maximum Gasteiger partial charge on any atom is 0.280 e. The summed E-state index contributed by atoms with van der Waals surface area (Å²) in [7, 11) is -0.554. The second-order valence-corrected chi connectivity index (χ2v) is 7.80. The van der Waals surface area contributed by atoms with E-state index in [9.17, 15) is 21.6 Å². The number of hydrogen-bond acceptors (Lipinski definition) is 7. The molecule has 0 N–H and O–H groups in total. The first kappa shape index (κ1) is 21.4. The Morgan fingerprint density at radius 1 is 1.03 bits per heavy atom. The molecule has 0 aliphatic heterocycles. The summed E-state index contributed by atoms with van der Waals surface area (Å²) in [4.78, 5) is -0.0913. The molecule has 0 fully saturated rings. The van der Waals surface area contributed by atoms with Crippen molar-refractivity contribution >= 4 is 16.0 Å². The maximum atomic E-state index is 14.3. The van der Waals surface area contributed by atoms with E-state index >= 15 is 0 Å². The van der Waals surface area contributed by atoms with Gasteiger partial charge in [-0.2, -0.15) is 4.80 Å². The van der Waals surface area contributed by atoms with Gasteiger partial charge in [-0.3, -0.25) is 0 Å². The Morgan fingerprint density at radius 3 is 2.33 bits per heavy atom. The third-order valence-electron chi connectivity index (χ3n) is 4.07. The largest absolute Gasteiger partial charge is 0.497 e. The summed E-state index contributed by atoms with van der Waals surface area (Å²) in [6.07, 6.45) is 0. The van der Waals surface area contributed by atoms with E-state index in [4.69, 9.17) is 9.47 Å². The Balaban J connectivity index is 2.14. The fourth-order valence-corrected chi connectivity index (χ4v) is 3.99. The Bertz CT molecular complexity index is 1190. The highest BCUT2D eigenvalue weighted by molar-refractivity contribution is 7.92. The molecule has 13 heteroatoms. The molecule has 0 aliphatic rings. The van der Waals surface area contributed by atoms with Crippen LogP contribution in [-0.4, -0.2) is 42.8 Å². The van der Waals surface area contributed by atoms with Crippen molar-refractivity contribution in [2.75, 3.05) is 18.5 Å². The number of sulfonamides is 1. The lowest BCUT2D eigenvalue weighted by atomic mass is 10.2. The van der Waals surface area contributed by atoms with Gasteiger partial charge in [0.05, 0.1) is 27.8 Å². The third-order valence-corrected chi connectivity index (χ3v) is 5.81. The van der Waals surface area contributed by atoms with Crippen LogP contribution in [0.2, 0.25) is 0 Å². The number of anilines is 1. The van der Waals surface area contributed by atoms with E-state index in [1.807, 2.05) is 0 Å². The molecule has 0 amide bonds. The lowest BCUT2D eigenvalue weighted by Gasteiger charge is -2.22. The first-order valence-corrected chi connectivity index (χ1v) is 9.73. The van der Waals surface area contributed by atoms with Gasteiger partial charge in [0.25, 0.3) is 16.0 Å². The van der Waals surface area contributed by atoms with E-state index in [1.165, 1.54) is 33.4 Å². The summed E-state index contributed by atoms with van der Waals surface area (Å²) in [6, 6.07) is 5.01. The second-order valence-electron chi connectivity index (χ2n) is 5.97. The fraction of sp³-hybridized carbons (Fsp3) is 0.235. The van der Waals surface area contributed by atoms with Crippen LogP contribution in [0.1, 0.15) is 5.56 Å². The van der Waals surface area contributed by atoms with Crippen LogP contribution in [0, 0.1) is 17.5 Å². The van der Waals surface area contributed by atoms with E-state index in [2.05, 4.69) is 15.4 Å². The van der Waals surface area contributed by atoms with Crippen molar-refractivity contribution in [3.63, 3.8) is 0 Å². The summed E-state index contributed by atoms with van der Waals surface area (Å²) < 4.78 is 78.6. The minimum absolute atomic E-state index is 0.151. The average Bonchev–Trinajstić information content (AvgIpc) is 3.14. The summed E-state index contributed by atoms with van der Waals surface area (Å²) in [5, 5.41) is 11.1. The zero-order valence-corrected chi connectivity index (χ0v) is 16.8. The molecule has 0 bridgehead atoms. The number of methoxy groups -OCH3 is 2. The van der Waals surface area contributed by atoms with Crippen molar-refractivity contribution < 1.29 is 31.1 Å². The zero-order chi connectivity index (χ0) is 22.1. The van der Waals surface area contributed by atoms with Gasteiger partial charge in [-0.05, 0) is 17.3 Å². The molecule has 0 atom stereocenters. The lowest BCUT2D eigenvalue weighted by molar-refractivity contribution is 0.391. The standard InChI is InChI=1S/C17H16F3N5O4S/c1-24-22-17(21-23-24)25(9-10-4-5-11(28-2)6-15(10)29-3)30(26,27)16-8-13(19)12(18)7-14(16)20/h4-8H,9H2,1-3H3. The maximum absolute atomic E-state index is 14.3. The van der Waals surface area contributed by atoms with E-state index < -0.39 is 44.9 Å². The van der Waals surface area contributed by atoms with Gasteiger partial charge in [0.15, 0.2) is 11.6 Å². The molecule has 0 unspecified atom stereocenters. The minimum atomic E-state index is -4.76. The van der Waals surface area contributed by atoms with Crippen LogP contribution in [-0.2, 0) is 23.6 Å². The van der Waals surface area contributed by atoms with Crippen LogP contribution in [0.25, 0.3) is 0 Å². The number of aromatic nitrogens is 4. The number of aryl methyl sites for hydroxylation is 1. The molecule has 3 rings (SSSR count). The van der Waals surface area contributed by atoms with E-state index in [-0.39, 0.29) is 17.9 Å². The molecule has 0 spiro atoms. The summed E-state index contributed by atoms with van der Waals surface area (Å²) in [5.41, 5.74) is 0.345. The monoisotopic (exact) mass is 443 g/mol. The number of benzene rings is 2. The van der Waals surface area contributed by atoms with Crippen molar-refractivity contribution in [2.45, 2.75) is 11.4 Å². The molecule has 0 radical (unpaired) electrons. The Hall–Kier alpha value is -3.35. The highest BCUT2D eigenvalue weighted by atomic mass is 32.2. The first-order chi connectivity index (χ1) is 14.2. The van der Waals surface area contributed by atoms with E-state index in [0.29, 0.717) is 15.6 Å². The molecule has 2 aromatic carbocycles. The molecular weight excluding hydrogens is 427 g/mol. The molecule has 1 aromatic heterocycles. The number of ether oxygens (including phenoxy) is 2. The van der Waals surface area contributed by atoms with Crippen molar-refractivity contribution in [3.8, 4) is 11.5 Å². The predicted octanol–water partition coefficient (Wildman–Crippen LogP) is 2.04. The average molecular weight is 443 g/mol. The molecule has 9 nitrogen and oxygen atoms in total. The van der Waals surface area contributed by atoms with E-state index in [1.54, 1.807) is 6.07 Å². The number of rotatable bonds is 7. The van der Waals surface area contributed by atoms with Crippen molar-refractivity contribution in [3.05, 3.63) is 53.3 Å². The van der Waals surface area contributed by atoms with Crippen LogP contribution in [0.3, 0.4) is 0 Å². The Labute approximate surface area is 169 Å². The number of hydrogen-bond donors (Lipinski definition) is 0. The van der Waals surface area contributed by atoms with Gasteiger partial charge in [0.1, 0.15) is 22.2 Å². The zero-order valence-electron chi connectivity index (χ0n) is 16.0. The molecule has 0 saturated carbocycles. The van der Waals surface area contributed by atoms with Crippen molar-refractivity contribution in [2.24, 2.45) is 7.05 Å². The van der Waals surface area contributed by atoms with Crippen LogP contribution in [0.15, 0.2) is 35.2 Å². The van der Waals surface area contributed by atoms with Crippen molar-refractivity contribution in [1.82, 2.24) is 20.2 Å². The van der Waals surface area contributed by atoms with Crippen LogP contribution in [0.4, 0.5) is 19.1 Å². The normalized spacial score (nSPS) is 11.4. The minimum Gasteiger partial charge on any atom is -0.497 e. The van der Waals surface area contributed by atoms with Crippen LogP contribution in [0.5, 0.6) is 11.5 Å². The lowest BCUT2D eigenvalue weighted by Crippen LogP contribution is -2.32. The van der Waals surface area contributed by atoms with Gasteiger partial charge in [-0.1, -0.05) is 5.10 Å². The quantitative estimate of drug-likeness (QED) is 0.515. The summed E-state index contributed by atoms with van der Waals surface area (Å²) in [6.45, 7) is -0.417. The number of halogens is 3. The fourth-order valence-electron chi connectivity index (χ4n) is 2.60. The summed E-state index contributed by atoms with van der Waals surface area (Å²) >= 11 is 0. The molecular formula is C17H16F3N5O4S. The first-order valence-electron chi connectivity index (χ1n) is 8.29. The topological polar surface area (TPSA) is 99.4 Å². The van der Waals surface area contributed by atoms with Gasteiger partial charge in [-0.15, -0.1) is 5.10 Å². The van der Waals surface area contributed by atoms with Crippen LogP contribution >= 0.6 is 0 Å². The number of nitrogens with zero attached hydrogens (tertiary/aromatic N) is 5. The highest BCUT2D eigenvalue weighted by Crippen LogP contribution is 2.30. The molecule has 30 heavy (non-hydrogen) atoms. The van der Waals surface area contributed by atoms with Gasteiger partial charge < -0.3 is 9.47 Å². The molecule has 160 valence electrons. The van der Waals surface area contributed by atoms with Gasteiger partial charge in [0, 0.05) is 23.8 Å². The Kier molecular flexibility index (Phi) is 5.82. The van der Waals surface area contributed by atoms with Gasteiger partial charge in [-0.25, -0.2) is 25.9 Å². The molecule has 3 aromatic rings. The third kappa shape index (κ3) is 4.01. The molecule has 0 aliphatic carbocycles. The predicted molar refractivity (Wildman–Crippen MR) is 98.0 cm³/mol. The second kappa shape index (κ2) is 8.18. The molecule has 1 heterocycles. The van der Waals surface area contributed by atoms with E-state index in [0.717, 1.165) is 4.80 Å². The SMILES string of the molecule is COc1ccc(CN(c2nnn(C)n2)S(=O)(=O)c2cc(F)c(F)cc2F)c(OC)c1. The number of tetrazole rings is 1. The Morgan fingerprint density at radius 2 is 1.73 bits per heavy atom. The smallest absolute Gasteiger partial charge is 0.280 e. The van der Waals surface area contributed by atoms with Crippen LogP contribution < -0.4 is 13.8 Å².